The Morgan fingerprint density at radius 1 is 0.727 bits per heavy atom. The first-order valence-electron chi connectivity index (χ1n) is 7.66. The van der Waals surface area contributed by atoms with E-state index in [4.69, 9.17) is 0 Å². The van der Waals surface area contributed by atoms with E-state index in [1.54, 1.807) is 0 Å². The molecule has 0 aliphatic carbocycles. The summed E-state index contributed by atoms with van der Waals surface area (Å²) in [6.07, 6.45) is 8.58. The molecule has 0 fully saturated rings. The lowest BCUT2D eigenvalue weighted by Gasteiger charge is -2.24. The van der Waals surface area contributed by atoms with Crippen LogP contribution in [0, 0.1) is 0 Å². The Bertz CT molecular complexity index is 1000. The van der Waals surface area contributed by atoms with Gasteiger partial charge in [0.2, 0.25) is 0 Å². The van der Waals surface area contributed by atoms with Crippen molar-refractivity contribution in [3.05, 3.63) is 83.3 Å². The highest BCUT2D eigenvalue weighted by molar-refractivity contribution is 6.76. The fourth-order valence-electron chi connectivity index (χ4n) is 3.42. The molecular weight excluding hydrogens is 265 g/mol. The monoisotopic (exact) mass is 279 g/mol. The summed E-state index contributed by atoms with van der Waals surface area (Å²) in [4.78, 5) is 2.26. The molecule has 2 heteroatoms. The summed E-state index contributed by atoms with van der Waals surface area (Å²) in [6.45, 7) is 0.343. The van der Waals surface area contributed by atoms with Gasteiger partial charge >= 0.3 is 6.85 Å². The standard InChI is InChI=1S/C20H14BN/c1-2-6-16-10-18-12-20-14-22-8-4-3-7-21(22)13-19(20)11-17(18)9-15(16)5-1/h1-14H. The van der Waals surface area contributed by atoms with Gasteiger partial charge in [-0.15, -0.1) is 0 Å². The van der Waals surface area contributed by atoms with Crippen molar-refractivity contribution >= 4 is 40.6 Å². The molecule has 3 aromatic carbocycles. The second-order valence-electron chi connectivity index (χ2n) is 5.99. The van der Waals surface area contributed by atoms with Gasteiger partial charge < -0.3 is 4.81 Å². The molecule has 0 N–H and O–H groups in total. The maximum absolute atomic E-state index is 2.34. The Hall–Kier alpha value is -2.74. The fraction of sp³-hybridized carbons (Fsp3) is 0. The SMILES string of the molecule is C1=CB2C=c3cc4cc5ccccc5cc4cc3=CN2C=C1. The van der Waals surface area contributed by atoms with Crippen LogP contribution in [-0.4, -0.2) is 11.7 Å². The van der Waals surface area contributed by atoms with Crippen LogP contribution < -0.4 is 10.4 Å². The van der Waals surface area contributed by atoms with Crippen molar-refractivity contribution in [1.82, 2.24) is 4.81 Å². The number of benzene rings is 3. The van der Waals surface area contributed by atoms with Gasteiger partial charge in [-0.2, -0.15) is 0 Å². The maximum atomic E-state index is 2.34. The molecule has 22 heavy (non-hydrogen) atoms. The van der Waals surface area contributed by atoms with Crippen LogP contribution in [0.1, 0.15) is 0 Å². The maximum Gasteiger partial charge on any atom is 0.312 e. The molecule has 0 saturated heterocycles. The van der Waals surface area contributed by atoms with E-state index in [0.717, 1.165) is 0 Å². The van der Waals surface area contributed by atoms with Gasteiger partial charge in [-0.1, -0.05) is 42.3 Å². The summed E-state index contributed by atoms with van der Waals surface area (Å²) in [7, 11) is 0. The fourth-order valence-corrected chi connectivity index (χ4v) is 3.42. The average molecular weight is 279 g/mol. The Labute approximate surface area is 129 Å². The number of rotatable bonds is 0. The van der Waals surface area contributed by atoms with E-state index in [0.29, 0.717) is 6.85 Å². The van der Waals surface area contributed by atoms with Gasteiger partial charge in [0.1, 0.15) is 0 Å². The first kappa shape index (κ1) is 11.9. The van der Waals surface area contributed by atoms with Gasteiger partial charge in [0.15, 0.2) is 0 Å². The lowest BCUT2D eigenvalue weighted by Crippen LogP contribution is -2.41. The van der Waals surface area contributed by atoms with Crippen molar-refractivity contribution in [2.45, 2.75) is 0 Å². The molecule has 102 valence electrons. The predicted octanol–water partition coefficient (Wildman–Crippen LogP) is 2.98. The lowest BCUT2D eigenvalue weighted by molar-refractivity contribution is 0.857. The Morgan fingerprint density at radius 2 is 1.45 bits per heavy atom. The zero-order valence-corrected chi connectivity index (χ0v) is 12.1. The zero-order chi connectivity index (χ0) is 14.5. The molecule has 0 radical (unpaired) electrons. The molecule has 0 aromatic heterocycles. The van der Waals surface area contributed by atoms with E-state index in [1.165, 1.54) is 32.0 Å². The van der Waals surface area contributed by atoms with Crippen LogP contribution in [0.3, 0.4) is 0 Å². The van der Waals surface area contributed by atoms with Crippen LogP contribution in [0.15, 0.2) is 72.9 Å². The van der Waals surface area contributed by atoms with Gasteiger partial charge in [-0.05, 0) is 74.7 Å². The summed E-state index contributed by atoms with van der Waals surface area (Å²) in [5, 5.41) is 7.83. The van der Waals surface area contributed by atoms with Crippen molar-refractivity contribution in [3.63, 3.8) is 0 Å². The molecule has 2 heterocycles. The van der Waals surface area contributed by atoms with Gasteiger partial charge in [0.25, 0.3) is 0 Å². The molecule has 3 aromatic rings. The molecule has 0 unspecified atom stereocenters. The van der Waals surface area contributed by atoms with Crippen molar-refractivity contribution < 1.29 is 0 Å². The van der Waals surface area contributed by atoms with E-state index < -0.39 is 0 Å². The summed E-state index contributed by atoms with van der Waals surface area (Å²) in [5.74, 6) is 4.56. The second kappa shape index (κ2) is 4.38. The van der Waals surface area contributed by atoms with Gasteiger partial charge in [0, 0.05) is 0 Å². The van der Waals surface area contributed by atoms with Crippen molar-refractivity contribution in [2.24, 2.45) is 0 Å². The van der Waals surface area contributed by atoms with E-state index in [1.807, 2.05) is 0 Å². The lowest BCUT2D eigenvalue weighted by atomic mass is 9.58. The van der Waals surface area contributed by atoms with Crippen LogP contribution in [-0.2, 0) is 0 Å². The van der Waals surface area contributed by atoms with Crippen molar-refractivity contribution in [3.8, 4) is 0 Å². The molecular formula is C20H14BN. The number of fused-ring (bicyclic) bond motifs is 4. The first-order chi connectivity index (χ1) is 10.9. The van der Waals surface area contributed by atoms with Crippen molar-refractivity contribution in [1.29, 1.82) is 0 Å². The van der Waals surface area contributed by atoms with Crippen molar-refractivity contribution in [2.75, 3.05) is 0 Å². The topological polar surface area (TPSA) is 3.24 Å². The molecule has 2 aliphatic heterocycles. The van der Waals surface area contributed by atoms with E-state index in [2.05, 4.69) is 89.8 Å². The first-order valence-corrected chi connectivity index (χ1v) is 7.66. The number of hydrogen-bond acceptors (Lipinski definition) is 1. The third-order valence-corrected chi connectivity index (χ3v) is 4.57. The average Bonchev–Trinajstić information content (AvgIpc) is 2.56. The van der Waals surface area contributed by atoms with Crippen LogP contribution in [0.25, 0.3) is 33.7 Å². The zero-order valence-electron chi connectivity index (χ0n) is 12.1. The third kappa shape index (κ3) is 1.74. The highest BCUT2D eigenvalue weighted by Gasteiger charge is 2.18. The minimum Gasteiger partial charge on any atom is -0.389 e. The van der Waals surface area contributed by atoms with Crippen LogP contribution in [0.5, 0.6) is 0 Å². The minimum atomic E-state index is 0.343. The van der Waals surface area contributed by atoms with Gasteiger partial charge in [-0.25, -0.2) is 0 Å². The molecule has 0 amide bonds. The smallest absolute Gasteiger partial charge is 0.312 e. The molecule has 2 aliphatic rings. The normalized spacial score (nSPS) is 15.5. The Morgan fingerprint density at radius 3 is 2.23 bits per heavy atom. The minimum absolute atomic E-state index is 0.343. The highest BCUT2D eigenvalue weighted by Crippen LogP contribution is 2.21. The third-order valence-electron chi connectivity index (χ3n) is 4.57. The quantitative estimate of drug-likeness (QED) is 0.451. The van der Waals surface area contributed by atoms with E-state index in [9.17, 15) is 0 Å². The molecule has 5 rings (SSSR count). The number of hydrogen-bond donors (Lipinski definition) is 0. The Kier molecular flexibility index (Phi) is 2.36. The number of allylic oxidation sites excluding steroid dienone is 2. The molecule has 0 atom stereocenters. The summed E-state index contributed by atoms with van der Waals surface area (Å²) in [5.41, 5.74) is 0. The van der Waals surface area contributed by atoms with Crippen LogP contribution in [0.4, 0.5) is 0 Å². The molecule has 0 saturated carbocycles. The Balaban J connectivity index is 1.85. The molecule has 0 bridgehead atoms. The molecule has 0 spiro atoms. The number of nitrogens with zero attached hydrogens (tertiary/aromatic N) is 1. The van der Waals surface area contributed by atoms with E-state index >= 15 is 0 Å². The molecule has 1 nitrogen and oxygen atoms in total. The van der Waals surface area contributed by atoms with E-state index in [-0.39, 0.29) is 0 Å². The van der Waals surface area contributed by atoms with Gasteiger partial charge in [0.05, 0.1) is 0 Å². The van der Waals surface area contributed by atoms with Gasteiger partial charge in [-0.3, -0.25) is 0 Å². The largest absolute Gasteiger partial charge is 0.389 e. The summed E-state index contributed by atoms with van der Waals surface area (Å²) >= 11 is 0. The highest BCUT2D eigenvalue weighted by atomic mass is 15.0. The van der Waals surface area contributed by atoms with Crippen LogP contribution >= 0.6 is 0 Å². The summed E-state index contributed by atoms with van der Waals surface area (Å²) < 4.78 is 0. The predicted molar refractivity (Wildman–Crippen MR) is 95.5 cm³/mol. The van der Waals surface area contributed by atoms with Crippen LogP contribution in [0.2, 0.25) is 0 Å². The summed E-state index contributed by atoms with van der Waals surface area (Å²) in [6, 6.07) is 17.8. The second-order valence-corrected chi connectivity index (χ2v) is 5.99.